The number of carbonyl (C=O) groups excluding carboxylic acids is 1. The predicted molar refractivity (Wildman–Crippen MR) is 71.8 cm³/mol. The minimum Gasteiger partial charge on any atom is -0.325 e. The van der Waals surface area contributed by atoms with E-state index in [9.17, 15) is 9.18 Å². The summed E-state index contributed by atoms with van der Waals surface area (Å²) in [6.45, 7) is 6.88. The van der Waals surface area contributed by atoms with Crippen molar-refractivity contribution in [3.8, 4) is 6.07 Å². The third kappa shape index (κ3) is 2.91. The van der Waals surface area contributed by atoms with Gasteiger partial charge in [-0.2, -0.15) is 5.26 Å². The van der Waals surface area contributed by atoms with Gasteiger partial charge in [-0.3, -0.25) is 4.79 Å². The summed E-state index contributed by atoms with van der Waals surface area (Å²) in [7, 11) is 0. The van der Waals surface area contributed by atoms with Crippen molar-refractivity contribution in [3.63, 3.8) is 0 Å². The molecule has 0 aliphatic heterocycles. The van der Waals surface area contributed by atoms with Gasteiger partial charge in [-0.1, -0.05) is 6.07 Å². The zero-order chi connectivity index (χ0) is 14.8. The summed E-state index contributed by atoms with van der Waals surface area (Å²) in [5.41, 5.74) is 4.32. The summed E-state index contributed by atoms with van der Waals surface area (Å²) in [6, 6.07) is 5.83. The highest BCUT2D eigenvalue weighted by molar-refractivity contribution is 5.96. The molecule has 0 unspecified atom stereocenters. The third-order valence-corrected chi connectivity index (χ3v) is 3.55. The van der Waals surface area contributed by atoms with Crippen LogP contribution < -0.4 is 11.1 Å². The molecule has 0 saturated carbocycles. The lowest BCUT2D eigenvalue weighted by Gasteiger charge is -2.36. The van der Waals surface area contributed by atoms with Gasteiger partial charge >= 0.3 is 0 Å². The summed E-state index contributed by atoms with van der Waals surface area (Å²) in [5, 5.41) is 11.5. The fourth-order valence-electron chi connectivity index (χ4n) is 1.31. The van der Waals surface area contributed by atoms with Crippen LogP contribution in [0.25, 0.3) is 0 Å². The van der Waals surface area contributed by atoms with E-state index >= 15 is 0 Å². The average Bonchev–Trinajstić information content (AvgIpc) is 2.27. The number of amides is 1. The molecule has 102 valence electrons. The smallest absolute Gasteiger partial charge is 0.231 e. The second-order valence-corrected chi connectivity index (χ2v) is 5.58. The second-order valence-electron chi connectivity index (χ2n) is 5.58. The van der Waals surface area contributed by atoms with Crippen molar-refractivity contribution < 1.29 is 9.18 Å². The van der Waals surface area contributed by atoms with Crippen molar-refractivity contribution in [2.24, 2.45) is 11.1 Å². The molecule has 0 aliphatic rings. The molecular formula is C14H18FN3O. The van der Waals surface area contributed by atoms with Crippen molar-refractivity contribution in [1.29, 1.82) is 5.26 Å². The summed E-state index contributed by atoms with van der Waals surface area (Å²) in [6.07, 6.45) is 0. The van der Waals surface area contributed by atoms with Crippen LogP contribution in [0.4, 0.5) is 10.1 Å². The zero-order valence-electron chi connectivity index (χ0n) is 11.5. The van der Waals surface area contributed by atoms with E-state index in [1.807, 2.05) is 0 Å². The number of nitrogens with one attached hydrogen (secondary N) is 1. The standard InChI is InChI=1S/C14H18FN3O/c1-13(2,14(3,4)17)12(19)18-11-7-5-6-10(15)9(11)8-16/h5-7H,17H2,1-4H3,(H,18,19). The monoisotopic (exact) mass is 263 g/mol. The molecule has 4 nitrogen and oxygen atoms in total. The zero-order valence-corrected chi connectivity index (χ0v) is 11.5. The Morgan fingerprint density at radius 3 is 2.42 bits per heavy atom. The Balaban J connectivity index is 3.09. The molecule has 3 N–H and O–H groups in total. The molecule has 1 rings (SSSR count). The summed E-state index contributed by atoms with van der Waals surface area (Å²) in [5.74, 6) is -1.02. The molecule has 0 aromatic heterocycles. The van der Waals surface area contributed by atoms with Crippen LogP contribution in [-0.4, -0.2) is 11.4 Å². The largest absolute Gasteiger partial charge is 0.325 e. The molecule has 0 radical (unpaired) electrons. The quantitative estimate of drug-likeness (QED) is 0.878. The molecule has 5 heteroatoms. The van der Waals surface area contributed by atoms with E-state index in [1.54, 1.807) is 33.8 Å². The van der Waals surface area contributed by atoms with Gasteiger partial charge < -0.3 is 11.1 Å². The van der Waals surface area contributed by atoms with Crippen LogP contribution in [-0.2, 0) is 4.79 Å². The van der Waals surface area contributed by atoms with E-state index < -0.39 is 16.8 Å². The summed E-state index contributed by atoms with van der Waals surface area (Å²) in [4.78, 5) is 12.2. The molecule has 1 aromatic carbocycles. The highest BCUT2D eigenvalue weighted by Gasteiger charge is 2.40. The minimum absolute atomic E-state index is 0.157. The summed E-state index contributed by atoms with van der Waals surface area (Å²) < 4.78 is 13.4. The Labute approximate surface area is 112 Å². The van der Waals surface area contributed by atoms with E-state index in [1.165, 1.54) is 18.2 Å². The number of nitriles is 1. The summed E-state index contributed by atoms with van der Waals surface area (Å²) >= 11 is 0. The lowest BCUT2D eigenvalue weighted by atomic mass is 9.74. The molecular weight excluding hydrogens is 245 g/mol. The van der Waals surface area contributed by atoms with Crippen LogP contribution in [0.2, 0.25) is 0 Å². The van der Waals surface area contributed by atoms with Gasteiger partial charge in [0.05, 0.1) is 11.1 Å². The highest BCUT2D eigenvalue weighted by atomic mass is 19.1. The predicted octanol–water partition coefficient (Wildman–Crippen LogP) is 2.40. The Kier molecular flexibility index (Phi) is 3.97. The molecule has 0 saturated heterocycles. The van der Waals surface area contributed by atoms with E-state index in [2.05, 4.69) is 5.32 Å². The molecule has 1 aromatic rings. The lowest BCUT2D eigenvalue weighted by molar-refractivity contribution is -0.126. The van der Waals surface area contributed by atoms with E-state index in [4.69, 9.17) is 11.0 Å². The van der Waals surface area contributed by atoms with Gasteiger partial charge in [0.1, 0.15) is 17.4 Å². The number of hydrogen-bond donors (Lipinski definition) is 2. The highest BCUT2D eigenvalue weighted by Crippen LogP contribution is 2.30. The van der Waals surface area contributed by atoms with Crippen molar-refractivity contribution in [2.45, 2.75) is 33.2 Å². The topological polar surface area (TPSA) is 78.9 Å². The molecule has 0 spiro atoms. The van der Waals surface area contributed by atoms with Crippen LogP contribution in [0.15, 0.2) is 18.2 Å². The normalized spacial score (nSPS) is 11.8. The van der Waals surface area contributed by atoms with Crippen LogP contribution in [0.1, 0.15) is 33.3 Å². The number of carbonyl (C=O) groups is 1. The molecule has 0 fully saturated rings. The fraction of sp³-hybridized carbons (Fsp3) is 0.429. The van der Waals surface area contributed by atoms with Crippen molar-refractivity contribution >= 4 is 11.6 Å². The molecule has 19 heavy (non-hydrogen) atoms. The number of benzene rings is 1. The maximum absolute atomic E-state index is 13.4. The minimum atomic E-state index is -0.869. The first-order valence-electron chi connectivity index (χ1n) is 5.90. The van der Waals surface area contributed by atoms with Gasteiger partial charge in [0.15, 0.2) is 0 Å². The average molecular weight is 263 g/mol. The van der Waals surface area contributed by atoms with Crippen LogP contribution in [0, 0.1) is 22.6 Å². The van der Waals surface area contributed by atoms with Crippen LogP contribution in [0.3, 0.4) is 0 Å². The Hall–Kier alpha value is -1.93. The van der Waals surface area contributed by atoms with Gasteiger partial charge in [-0.05, 0) is 39.8 Å². The van der Waals surface area contributed by atoms with E-state index in [-0.39, 0.29) is 17.2 Å². The van der Waals surface area contributed by atoms with Gasteiger partial charge in [0.2, 0.25) is 5.91 Å². The molecule has 0 aliphatic carbocycles. The Morgan fingerprint density at radius 1 is 1.37 bits per heavy atom. The van der Waals surface area contributed by atoms with Gasteiger partial charge in [0.25, 0.3) is 0 Å². The number of hydrogen-bond acceptors (Lipinski definition) is 3. The first-order chi connectivity index (χ1) is 8.61. The van der Waals surface area contributed by atoms with Gasteiger partial charge in [0, 0.05) is 5.54 Å². The van der Waals surface area contributed by atoms with Crippen molar-refractivity contribution in [3.05, 3.63) is 29.6 Å². The Bertz CT molecular complexity index is 539. The van der Waals surface area contributed by atoms with E-state index in [0.717, 1.165) is 0 Å². The van der Waals surface area contributed by atoms with Crippen molar-refractivity contribution in [2.75, 3.05) is 5.32 Å². The fourth-order valence-corrected chi connectivity index (χ4v) is 1.31. The molecule has 0 bridgehead atoms. The number of anilines is 1. The molecule has 0 heterocycles. The number of rotatable bonds is 3. The van der Waals surface area contributed by atoms with E-state index in [0.29, 0.717) is 0 Å². The number of nitrogens with two attached hydrogens (primary N) is 1. The Morgan fingerprint density at radius 2 is 1.95 bits per heavy atom. The number of halogens is 1. The van der Waals surface area contributed by atoms with Crippen LogP contribution in [0.5, 0.6) is 0 Å². The maximum atomic E-state index is 13.4. The maximum Gasteiger partial charge on any atom is 0.231 e. The second kappa shape index (κ2) is 4.98. The van der Waals surface area contributed by atoms with Crippen LogP contribution >= 0.6 is 0 Å². The SMILES string of the molecule is CC(C)(N)C(C)(C)C(=O)Nc1cccc(F)c1C#N. The lowest BCUT2D eigenvalue weighted by Crippen LogP contribution is -2.53. The molecule has 1 amide bonds. The first-order valence-corrected chi connectivity index (χ1v) is 5.90. The van der Waals surface area contributed by atoms with Gasteiger partial charge in [-0.25, -0.2) is 4.39 Å². The van der Waals surface area contributed by atoms with Crippen molar-refractivity contribution in [1.82, 2.24) is 0 Å². The number of nitrogens with zero attached hydrogens (tertiary/aromatic N) is 1. The first kappa shape index (κ1) is 15.1. The van der Waals surface area contributed by atoms with Gasteiger partial charge in [-0.15, -0.1) is 0 Å². The molecule has 0 atom stereocenters. The third-order valence-electron chi connectivity index (χ3n) is 3.55.